The fourth-order valence-electron chi connectivity index (χ4n) is 1.84. The van der Waals surface area contributed by atoms with E-state index in [4.69, 9.17) is 10.7 Å². The van der Waals surface area contributed by atoms with Gasteiger partial charge in [0.1, 0.15) is 0 Å². The lowest BCUT2D eigenvalue weighted by Crippen LogP contribution is -2.07. The van der Waals surface area contributed by atoms with E-state index in [0.717, 1.165) is 0 Å². The van der Waals surface area contributed by atoms with Gasteiger partial charge < -0.3 is 0 Å². The van der Waals surface area contributed by atoms with Crippen LogP contribution in [0.4, 0.5) is 5.69 Å². The number of hydrogen-bond donors (Lipinski definition) is 0. The van der Waals surface area contributed by atoms with Gasteiger partial charge >= 0.3 is 0 Å². The van der Waals surface area contributed by atoms with Crippen LogP contribution in [-0.4, -0.2) is 28.1 Å². The molecule has 0 saturated heterocycles. The maximum Gasteiger partial charge on any atom is 0.296 e. The number of benzene rings is 1. The first kappa shape index (κ1) is 15.4. The zero-order valence-electron chi connectivity index (χ0n) is 10.9. The van der Waals surface area contributed by atoms with Crippen LogP contribution in [0.3, 0.4) is 0 Å². The van der Waals surface area contributed by atoms with Crippen LogP contribution in [0.1, 0.15) is 13.3 Å². The van der Waals surface area contributed by atoms with E-state index in [1.165, 1.54) is 28.8 Å². The highest BCUT2D eigenvalue weighted by atomic mass is 35.7. The molecule has 0 radical (unpaired) electrons. The molecule has 1 heterocycles. The van der Waals surface area contributed by atoms with E-state index < -0.39 is 14.0 Å². The summed E-state index contributed by atoms with van der Waals surface area (Å²) in [5.41, 5.74) is 0.457. The Morgan fingerprint density at radius 3 is 2.38 bits per heavy atom. The third-order valence-electron chi connectivity index (χ3n) is 2.72. The Labute approximate surface area is 124 Å². The molecule has 1 aromatic heterocycles. The Bertz CT molecular complexity index is 770. The van der Waals surface area contributed by atoms with Crippen LogP contribution in [0, 0.1) is 10.1 Å². The second kappa shape index (κ2) is 5.78. The quantitative estimate of drug-likeness (QED) is 0.472. The van der Waals surface area contributed by atoms with Crippen molar-refractivity contribution in [1.29, 1.82) is 0 Å². The number of nitro benzene ring substituents is 1. The highest BCUT2D eigenvalue weighted by Crippen LogP contribution is 2.24. The molecule has 0 fully saturated rings. The molecule has 0 saturated carbocycles. The Morgan fingerprint density at radius 1 is 1.29 bits per heavy atom. The zero-order chi connectivity index (χ0) is 15.6. The predicted molar refractivity (Wildman–Crippen MR) is 75.4 cm³/mol. The first-order valence-electron chi connectivity index (χ1n) is 5.97. The number of halogens is 1. The summed E-state index contributed by atoms with van der Waals surface area (Å²) in [6, 6.07) is 5.60. The largest absolute Gasteiger partial charge is 0.297 e. The Kier molecular flexibility index (Phi) is 4.24. The van der Waals surface area contributed by atoms with Gasteiger partial charge in [-0.1, -0.05) is 6.92 Å². The Morgan fingerprint density at radius 2 is 1.90 bits per heavy atom. The molecule has 0 spiro atoms. The Balaban J connectivity index is 2.53. The van der Waals surface area contributed by atoms with E-state index in [-0.39, 0.29) is 10.8 Å². The molecule has 0 aliphatic rings. The smallest absolute Gasteiger partial charge is 0.296 e. The molecule has 8 nitrogen and oxygen atoms in total. The van der Waals surface area contributed by atoms with Crippen molar-refractivity contribution >= 4 is 25.4 Å². The maximum atomic E-state index is 11.5. The summed E-state index contributed by atoms with van der Waals surface area (Å²) >= 11 is 0. The van der Waals surface area contributed by atoms with Crippen LogP contribution >= 0.6 is 10.7 Å². The summed E-state index contributed by atoms with van der Waals surface area (Å²) in [5.74, 6) is 0.297. The fraction of sp³-hybridized carbons (Fsp3) is 0.273. The first-order chi connectivity index (χ1) is 9.84. The van der Waals surface area contributed by atoms with Gasteiger partial charge in [-0.3, -0.25) is 14.7 Å². The third-order valence-corrected chi connectivity index (χ3v) is 3.87. The molecule has 0 aliphatic carbocycles. The van der Waals surface area contributed by atoms with E-state index in [1.807, 2.05) is 6.92 Å². The summed E-state index contributed by atoms with van der Waals surface area (Å²) < 4.78 is 24.3. The van der Waals surface area contributed by atoms with Gasteiger partial charge in [-0.25, -0.2) is 8.42 Å². The highest BCUT2D eigenvalue weighted by molar-refractivity contribution is 8.13. The lowest BCUT2D eigenvalue weighted by Gasteiger charge is -2.07. The van der Waals surface area contributed by atoms with E-state index in [9.17, 15) is 18.5 Å². The van der Waals surface area contributed by atoms with Gasteiger partial charge in [0.2, 0.25) is 0 Å². The molecule has 0 unspecified atom stereocenters. The van der Waals surface area contributed by atoms with E-state index in [0.29, 0.717) is 24.4 Å². The fourth-order valence-corrected chi connectivity index (χ4v) is 2.76. The monoisotopic (exact) mass is 330 g/mol. The van der Waals surface area contributed by atoms with Gasteiger partial charge in [-0.05, 0) is 18.6 Å². The molecule has 21 heavy (non-hydrogen) atoms. The molecule has 112 valence electrons. The van der Waals surface area contributed by atoms with Crippen LogP contribution in [0.15, 0.2) is 29.4 Å². The van der Waals surface area contributed by atoms with Crippen molar-refractivity contribution in [2.75, 3.05) is 0 Å². The maximum absolute atomic E-state index is 11.5. The van der Waals surface area contributed by atoms with Gasteiger partial charge in [0, 0.05) is 34.9 Å². The number of rotatable bonds is 5. The molecule has 0 bridgehead atoms. The van der Waals surface area contributed by atoms with E-state index in [1.54, 1.807) is 0 Å². The van der Waals surface area contributed by atoms with Crippen LogP contribution < -0.4 is 0 Å². The van der Waals surface area contributed by atoms with Crippen molar-refractivity contribution in [1.82, 2.24) is 14.8 Å². The molecular formula is C11H11ClN4O4S. The zero-order valence-corrected chi connectivity index (χ0v) is 12.5. The number of nitro groups is 1. The summed E-state index contributed by atoms with van der Waals surface area (Å²) in [7, 11) is 1.32. The Hall–Kier alpha value is -2.00. The number of hydrogen-bond acceptors (Lipinski definition) is 6. The lowest BCUT2D eigenvalue weighted by molar-refractivity contribution is -0.384. The van der Waals surface area contributed by atoms with Gasteiger partial charge in [0.05, 0.1) is 4.92 Å². The predicted octanol–water partition coefficient (Wildman–Crippen LogP) is 2.19. The minimum Gasteiger partial charge on any atom is -0.297 e. The number of aromatic nitrogens is 3. The molecule has 0 N–H and O–H groups in total. The van der Waals surface area contributed by atoms with Crippen LogP contribution in [0.2, 0.25) is 0 Å². The molecule has 0 amide bonds. The van der Waals surface area contributed by atoms with Crippen molar-refractivity contribution in [2.24, 2.45) is 0 Å². The summed E-state index contributed by atoms with van der Waals surface area (Å²) in [6.45, 7) is 2.23. The molecule has 2 rings (SSSR count). The highest BCUT2D eigenvalue weighted by Gasteiger charge is 2.23. The van der Waals surface area contributed by atoms with Crippen LogP contribution in [0.25, 0.3) is 11.4 Å². The average molecular weight is 331 g/mol. The van der Waals surface area contributed by atoms with Gasteiger partial charge in [-0.15, -0.1) is 10.2 Å². The lowest BCUT2D eigenvalue weighted by atomic mass is 10.2. The van der Waals surface area contributed by atoms with E-state index >= 15 is 0 Å². The standard InChI is InChI=1S/C11H11ClN4O4S/c1-2-7-15-10(13-14-11(15)21(12,19)20)8-3-5-9(6-4-8)16(17)18/h3-6H,2,7H2,1H3. The first-order valence-corrected chi connectivity index (χ1v) is 8.28. The molecule has 0 atom stereocenters. The normalized spacial score (nSPS) is 11.5. The van der Waals surface area contributed by atoms with Gasteiger partial charge in [0.25, 0.3) is 19.9 Å². The second-order valence-electron chi connectivity index (χ2n) is 4.20. The minimum atomic E-state index is -4.01. The van der Waals surface area contributed by atoms with Crippen LogP contribution in [-0.2, 0) is 15.6 Å². The van der Waals surface area contributed by atoms with E-state index in [2.05, 4.69) is 10.2 Å². The third kappa shape index (κ3) is 3.19. The topological polar surface area (TPSA) is 108 Å². The van der Waals surface area contributed by atoms with Crippen molar-refractivity contribution < 1.29 is 13.3 Å². The van der Waals surface area contributed by atoms with Crippen LogP contribution in [0.5, 0.6) is 0 Å². The van der Waals surface area contributed by atoms with Crippen molar-refractivity contribution in [3.8, 4) is 11.4 Å². The number of non-ortho nitro benzene ring substituents is 1. The summed E-state index contributed by atoms with van der Waals surface area (Å²) in [6.07, 6.45) is 0.650. The summed E-state index contributed by atoms with van der Waals surface area (Å²) in [5, 5.41) is 17.7. The van der Waals surface area contributed by atoms with Crippen molar-refractivity contribution in [3.63, 3.8) is 0 Å². The van der Waals surface area contributed by atoms with Crippen molar-refractivity contribution in [3.05, 3.63) is 34.4 Å². The van der Waals surface area contributed by atoms with Gasteiger partial charge in [-0.2, -0.15) is 0 Å². The molecule has 2 aromatic rings. The molecule has 10 heteroatoms. The SMILES string of the molecule is CCCn1c(-c2ccc([N+](=O)[O-])cc2)nnc1S(=O)(=O)Cl. The average Bonchev–Trinajstić information content (AvgIpc) is 2.83. The number of nitrogens with zero attached hydrogens (tertiary/aromatic N) is 4. The molecule has 0 aliphatic heterocycles. The molecule has 1 aromatic carbocycles. The second-order valence-corrected chi connectivity index (χ2v) is 6.66. The van der Waals surface area contributed by atoms with Crippen molar-refractivity contribution in [2.45, 2.75) is 25.0 Å². The molecular weight excluding hydrogens is 320 g/mol. The van der Waals surface area contributed by atoms with Gasteiger partial charge in [0.15, 0.2) is 5.82 Å². The minimum absolute atomic E-state index is 0.0644. The summed E-state index contributed by atoms with van der Waals surface area (Å²) in [4.78, 5) is 10.1.